The molecule has 0 heterocycles. The van der Waals surface area contributed by atoms with Crippen LogP contribution in [-0.4, -0.2) is 32.4 Å². The van der Waals surface area contributed by atoms with Crippen LogP contribution in [-0.2, 0) is 14.8 Å². The van der Waals surface area contributed by atoms with Gasteiger partial charge < -0.3 is 5.32 Å². The van der Waals surface area contributed by atoms with E-state index in [4.69, 9.17) is 0 Å². The highest BCUT2D eigenvalue weighted by Crippen LogP contribution is 2.19. The van der Waals surface area contributed by atoms with Crippen molar-refractivity contribution in [1.82, 2.24) is 4.72 Å². The molecule has 28 heavy (non-hydrogen) atoms. The molecule has 1 unspecified atom stereocenters. The molecule has 2 aromatic carbocycles. The molecule has 0 spiro atoms. The summed E-state index contributed by atoms with van der Waals surface area (Å²) in [4.78, 5) is 13.0. The van der Waals surface area contributed by atoms with E-state index in [1.165, 1.54) is 0 Å². The SMILES string of the molecule is CSCCC(NS(=O)(=O)c1ccc(C)cc1)C(=O)Nc1cccc(C(C)C)c1. The van der Waals surface area contributed by atoms with Crippen molar-refractivity contribution < 1.29 is 13.2 Å². The summed E-state index contributed by atoms with van der Waals surface area (Å²) in [6, 6.07) is 13.4. The number of hydrogen-bond acceptors (Lipinski definition) is 4. The fourth-order valence-electron chi connectivity index (χ4n) is 2.66. The number of anilines is 1. The number of thioether (sulfide) groups is 1. The average Bonchev–Trinajstić information content (AvgIpc) is 2.65. The van der Waals surface area contributed by atoms with Gasteiger partial charge in [0.2, 0.25) is 15.9 Å². The first-order valence-corrected chi connectivity index (χ1v) is 12.1. The van der Waals surface area contributed by atoms with Gasteiger partial charge in [-0.15, -0.1) is 0 Å². The van der Waals surface area contributed by atoms with Gasteiger partial charge in [-0.3, -0.25) is 4.79 Å². The van der Waals surface area contributed by atoms with Gasteiger partial charge in [-0.25, -0.2) is 8.42 Å². The topological polar surface area (TPSA) is 75.3 Å². The van der Waals surface area contributed by atoms with E-state index in [2.05, 4.69) is 23.9 Å². The summed E-state index contributed by atoms with van der Waals surface area (Å²) in [5, 5.41) is 2.85. The summed E-state index contributed by atoms with van der Waals surface area (Å²) in [5.41, 5.74) is 2.75. The minimum Gasteiger partial charge on any atom is -0.325 e. The number of rotatable bonds is 9. The van der Waals surface area contributed by atoms with Crippen molar-refractivity contribution >= 4 is 33.4 Å². The van der Waals surface area contributed by atoms with Gasteiger partial charge >= 0.3 is 0 Å². The summed E-state index contributed by atoms with van der Waals surface area (Å²) in [5.74, 6) is 0.649. The molecule has 0 saturated heterocycles. The number of hydrogen-bond donors (Lipinski definition) is 2. The number of amides is 1. The summed E-state index contributed by atoms with van der Waals surface area (Å²) in [7, 11) is -3.79. The summed E-state index contributed by atoms with van der Waals surface area (Å²) < 4.78 is 28.0. The minimum absolute atomic E-state index is 0.154. The Bertz CT molecular complexity index is 894. The monoisotopic (exact) mass is 420 g/mol. The molecule has 5 nitrogen and oxygen atoms in total. The van der Waals surface area contributed by atoms with Crippen LogP contribution in [0, 0.1) is 6.92 Å². The standard InChI is InChI=1S/C21H28N2O3S2/c1-15(2)17-6-5-7-18(14-17)22-21(24)20(12-13-27-4)23-28(25,26)19-10-8-16(3)9-11-19/h5-11,14-15,20,23H,12-13H2,1-4H3,(H,22,24). The zero-order chi connectivity index (χ0) is 20.7. The first kappa shape index (κ1) is 22.5. The van der Waals surface area contributed by atoms with Crippen LogP contribution in [0.25, 0.3) is 0 Å². The Morgan fingerprint density at radius 3 is 2.39 bits per heavy atom. The fourth-order valence-corrected chi connectivity index (χ4v) is 4.36. The lowest BCUT2D eigenvalue weighted by atomic mass is 10.0. The third-order valence-electron chi connectivity index (χ3n) is 4.38. The maximum absolute atomic E-state index is 12.8. The van der Waals surface area contributed by atoms with Gasteiger partial charge in [-0.1, -0.05) is 43.7 Å². The smallest absolute Gasteiger partial charge is 0.242 e. The lowest BCUT2D eigenvalue weighted by Crippen LogP contribution is -2.44. The van der Waals surface area contributed by atoms with Crippen molar-refractivity contribution in [3.05, 3.63) is 59.7 Å². The number of carbonyl (C=O) groups excluding carboxylic acids is 1. The largest absolute Gasteiger partial charge is 0.325 e. The number of aryl methyl sites for hydroxylation is 1. The normalized spacial score (nSPS) is 12.8. The van der Waals surface area contributed by atoms with Crippen molar-refractivity contribution in [2.75, 3.05) is 17.3 Å². The second-order valence-electron chi connectivity index (χ2n) is 7.04. The highest BCUT2D eigenvalue weighted by molar-refractivity contribution is 7.98. The van der Waals surface area contributed by atoms with E-state index in [1.54, 1.807) is 36.0 Å². The Morgan fingerprint density at radius 2 is 1.79 bits per heavy atom. The first-order chi connectivity index (χ1) is 13.2. The Morgan fingerprint density at radius 1 is 1.11 bits per heavy atom. The van der Waals surface area contributed by atoms with Gasteiger partial charge in [0.05, 0.1) is 4.90 Å². The molecule has 7 heteroatoms. The van der Waals surface area contributed by atoms with Crippen LogP contribution >= 0.6 is 11.8 Å². The van der Waals surface area contributed by atoms with Gasteiger partial charge in [0.25, 0.3) is 0 Å². The van der Waals surface area contributed by atoms with Crippen molar-refractivity contribution in [2.24, 2.45) is 0 Å². The average molecular weight is 421 g/mol. The van der Waals surface area contributed by atoms with Crippen molar-refractivity contribution in [1.29, 1.82) is 0 Å². The molecule has 2 aromatic rings. The maximum Gasteiger partial charge on any atom is 0.242 e. The van der Waals surface area contributed by atoms with Crippen molar-refractivity contribution in [3.63, 3.8) is 0 Å². The van der Waals surface area contributed by atoms with Crippen LogP contribution < -0.4 is 10.0 Å². The van der Waals surface area contributed by atoms with Gasteiger partial charge in [0.1, 0.15) is 6.04 Å². The van der Waals surface area contributed by atoms with E-state index in [0.717, 1.165) is 11.1 Å². The number of benzene rings is 2. The highest BCUT2D eigenvalue weighted by Gasteiger charge is 2.25. The predicted octanol–water partition coefficient (Wildman–Crippen LogP) is 4.16. The second kappa shape index (κ2) is 10.1. The van der Waals surface area contributed by atoms with E-state index in [1.807, 2.05) is 37.4 Å². The third-order valence-corrected chi connectivity index (χ3v) is 6.51. The Hall–Kier alpha value is -1.83. The maximum atomic E-state index is 12.8. The molecule has 0 bridgehead atoms. The number of sulfonamides is 1. The minimum atomic E-state index is -3.79. The molecule has 0 fully saturated rings. The second-order valence-corrected chi connectivity index (χ2v) is 9.74. The van der Waals surface area contributed by atoms with E-state index < -0.39 is 16.1 Å². The molecule has 0 radical (unpaired) electrons. The molecule has 152 valence electrons. The lowest BCUT2D eigenvalue weighted by Gasteiger charge is -2.19. The molecule has 2 rings (SSSR count). The zero-order valence-electron chi connectivity index (χ0n) is 16.7. The molecule has 0 aliphatic heterocycles. The third kappa shape index (κ3) is 6.36. The molecule has 0 aliphatic carbocycles. The van der Waals surface area contributed by atoms with Crippen LogP contribution in [0.1, 0.15) is 37.3 Å². The molecular weight excluding hydrogens is 392 g/mol. The zero-order valence-corrected chi connectivity index (χ0v) is 18.4. The molecule has 0 aromatic heterocycles. The summed E-state index contributed by atoms with van der Waals surface area (Å²) in [6.07, 6.45) is 2.33. The molecule has 1 amide bonds. The lowest BCUT2D eigenvalue weighted by molar-refractivity contribution is -0.117. The van der Waals surface area contributed by atoms with Crippen LogP contribution in [0.3, 0.4) is 0 Å². The van der Waals surface area contributed by atoms with E-state index in [-0.39, 0.29) is 10.8 Å². The van der Waals surface area contributed by atoms with Crippen LogP contribution in [0.2, 0.25) is 0 Å². The Kier molecular flexibility index (Phi) is 8.10. The first-order valence-electron chi connectivity index (χ1n) is 9.21. The van der Waals surface area contributed by atoms with Crippen LogP contribution in [0.15, 0.2) is 53.4 Å². The Balaban J connectivity index is 2.19. The quantitative estimate of drug-likeness (QED) is 0.639. The fraction of sp³-hybridized carbons (Fsp3) is 0.381. The van der Waals surface area contributed by atoms with Gasteiger partial charge in [0.15, 0.2) is 0 Å². The molecular formula is C21H28N2O3S2. The predicted molar refractivity (Wildman–Crippen MR) is 117 cm³/mol. The Labute approximate surface area is 172 Å². The summed E-state index contributed by atoms with van der Waals surface area (Å²) >= 11 is 1.57. The molecule has 2 N–H and O–H groups in total. The molecule has 0 saturated carbocycles. The van der Waals surface area contributed by atoms with E-state index in [0.29, 0.717) is 23.8 Å². The van der Waals surface area contributed by atoms with Gasteiger partial charge in [0, 0.05) is 5.69 Å². The molecule has 0 aliphatic rings. The van der Waals surface area contributed by atoms with Crippen molar-refractivity contribution in [2.45, 2.75) is 44.0 Å². The van der Waals surface area contributed by atoms with Crippen LogP contribution in [0.4, 0.5) is 5.69 Å². The van der Waals surface area contributed by atoms with Gasteiger partial charge in [-0.2, -0.15) is 16.5 Å². The van der Waals surface area contributed by atoms with E-state index in [9.17, 15) is 13.2 Å². The van der Waals surface area contributed by atoms with Crippen molar-refractivity contribution in [3.8, 4) is 0 Å². The van der Waals surface area contributed by atoms with E-state index >= 15 is 0 Å². The number of nitrogens with one attached hydrogen (secondary N) is 2. The number of carbonyl (C=O) groups is 1. The molecule has 1 atom stereocenters. The highest BCUT2D eigenvalue weighted by atomic mass is 32.2. The van der Waals surface area contributed by atoms with Crippen LogP contribution in [0.5, 0.6) is 0 Å². The summed E-state index contributed by atoms with van der Waals surface area (Å²) in [6.45, 7) is 6.06. The van der Waals surface area contributed by atoms with Gasteiger partial charge in [-0.05, 0) is 61.1 Å².